The molecule has 1 unspecified atom stereocenters. The van der Waals surface area contributed by atoms with Crippen LogP contribution in [0.25, 0.3) is 0 Å². The Kier molecular flexibility index (Phi) is 3.01. The first-order chi connectivity index (χ1) is 6.68. The minimum Gasteiger partial charge on any atom is -0.299 e. The van der Waals surface area contributed by atoms with E-state index in [0.717, 1.165) is 11.6 Å². The van der Waals surface area contributed by atoms with Crippen molar-refractivity contribution in [2.45, 2.75) is 18.9 Å². The Balaban J connectivity index is 2.31. The zero-order chi connectivity index (χ0) is 10.1. The van der Waals surface area contributed by atoms with E-state index in [9.17, 15) is 0 Å². The molecule has 0 aliphatic carbocycles. The molecule has 1 saturated heterocycles. The summed E-state index contributed by atoms with van der Waals surface area (Å²) < 4.78 is 0. The van der Waals surface area contributed by atoms with Crippen molar-refractivity contribution in [3.05, 3.63) is 33.8 Å². The van der Waals surface area contributed by atoms with E-state index < -0.39 is 0 Å². The van der Waals surface area contributed by atoms with Gasteiger partial charge in [-0.1, -0.05) is 29.3 Å². The van der Waals surface area contributed by atoms with Gasteiger partial charge in [-0.15, -0.1) is 0 Å². The van der Waals surface area contributed by atoms with Crippen LogP contribution in [0.5, 0.6) is 0 Å². The van der Waals surface area contributed by atoms with Crippen molar-refractivity contribution in [1.82, 2.24) is 4.90 Å². The van der Waals surface area contributed by atoms with Crippen LogP contribution >= 0.6 is 23.2 Å². The molecule has 76 valence electrons. The number of rotatable bonds is 1. The molecule has 1 atom stereocenters. The maximum Gasteiger partial charge on any atom is 0.0468 e. The molecule has 0 radical (unpaired) electrons. The summed E-state index contributed by atoms with van der Waals surface area (Å²) in [6.45, 7) is 1.16. The molecule has 1 fully saturated rings. The van der Waals surface area contributed by atoms with Gasteiger partial charge in [0.25, 0.3) is 0 Å². The lowest BCUT2D eigenvalue weighted by molar-refractivity contribution is 0.317. The Labute approximate surface area is 94.6 Å². The van der Waals surface area contributed by atoms with Crippen molar-refractivity contribution in [3.63, 3.8) is 0 Å². The topological polar surface area (TPSA) is 3.24 Å². The van der Waals surface area contributed by atoms with Gasteiger partial charge in [0.05, 0.1) is 0 Å². The maximum absolute atomic E-state index is 6.16. The van der Waals surface area contributed by atoms with Gasteiger partial charge >= 0.3 is 0 Å². The van der Waals surface area contributed by atoms with Crippen molar-refractivity contribution in [3.8, 4) is 0 Å². The SMILES string of the molecule is CN1CCCC1c1ccc(Cl)cc1Cl. The summed E-state index contributed by atoms with van der Waals surface area (Å²) in [6, 6.07) is 6.25. The van der Waals surface area contributed by atoms with E-state index in [-0.39, 0.29) is 0 Å². The zero-order valence-electron chi connectivity index (χ0n) is 8.13. The molecule has 0 N–H and O–H groups in total. The highest BCUT2D eigenvalue weighted by Crippen LogP contribution is 2.35. The Hall–Kier alpha value is -0.240. The molecule has 14 heavy (non-hydrogen) atoms. The first kappa shape index (κ1) is 10.3. The summed E-state index contributed by atoms with van der Waals surface area (Å²) in [5.74, 6) is 0. The quantitative estimate of drug-likeness (QED) is 0.709. The summed E-state index contributed by atoms with van der Waals surface area (Å²) in [5.41, 5.74) is 1.20. The van der Waals surface area contributed by atoms with Gasteiger partial charge in [-0.05, 0) is 44.1 Å². The molecule has 1 aromatic carbocycles. The zero-order valence-corrected chi connectivity index (χ0v) is 9.65. The smallest absolute Gasteiger partial charge is 0.0468 e. The number of benzene rings is 1. The van der Waals surface area contributed by atoms with Gasteiger partial charge in [-0.2, -0.15) is 0 Å². The second-order valence-corrected chi connectivity index (χ2v) is 4.65. The van der Waals surface area contributed by atoms with Crippen LogP contribution < -0.4 is 0 Å². The van der Waals surface area contributed by atoms with E-state index in [1.54, 1.807) is 0 Å². The van der Waals surface area contributed by atoms with Gasteiger partial charge in [-0.25, -0.2) is 0 Å². The van der Waals surface area contributed by atoms with Crippen LogP contribution in [-0.4, -0.2) is 18.5 Å². The fourth-order valence-corrected chi connectivity index (χ4v) is 2.61. The molecule has 1 aromatic rings. The van der Waals surface area contributed by atoms with Gasteiger partial charge in [0.1, 0.15) is 0 Å². The van der Waals surface area contributed by atoms with E-state index in [1.807, 2.05) is 18.2 Å². The number of nitrogens with zero attached hydrogens (tertiary/aromatic N) is 1. The molecule has 0 bridgehead atoms. The lowest BCUT2D eigenvalue weighted by atomic mass is 10.1. The molecule has 1 heterocycles. The fourth-order valence-electron chi connectivity index (χ4n) is 2.07. The third-order valence-electron chi connectivity index (χ3n) is 2.84. The molecule has 1 aliphatic rings. The standard InChI is InChI=1S/C11H13Cl2N/c1-14-6-2-3-11(14)9-5-4-8(12)7-10(9)13/h4-5,7,11H,2-3,6H2,1H3. The minimum absolute atomic E-state index is 0.472. The normalized spacial score (nSPS) is 22.9. The van der Waals surface area contributed by atoms with Crippen LogP contribution in [0.3, 0.4) is 0 Å². The van der Waals surface area contributed by atoms with Gasteiger partial charge in [0.2, 0.25) is 0 Å². The molecule has 3 heteroatoms. The fraction of sp³-hybridized carbons (Fsp3) is 0.455. The lowest BCUT2D eigenvalue weighted by Crippen LogP contribution is -2.17. The van der Waals surface area contributed by atoms with Crippen molar-refractivity contribution in [1.29, 1.82) is 0 Å². The molecule has 1 nitrogen and oxygen atoms in total. The second-order valence-electron chi connectivity index (χ2n) is 3.80. The monoisotopic (exact) mass is 229 g/mol. The number of hydrogen-bond donors (Lipinski definition) is 0. The van der Waals surface area contributed by atoms with Crippen LogP contribution in [0.4, 0.5) is 0 Å². The predicted octanol–water partition coefficient (Wildman–Crippen LogP) is 3.76. The van der Waals surface area contributed by atoms with Crippen molar-refractivity contribution in [2.75, 3.05) is 13.6 Å². The first-order valence-electron chi connectivity index (χ1n) is 4.83. The van der Waals surface area contributed by atoms with Gasteiger partial charge < -0.3 is 0 Å². The maximum atomic E-state index is 6.16. The Morgan fingerprint density at radius 3 is 2.71 bits per heavy atom. The van der Waals surface area contributed by atoms with E-state index in [0.29, 0.717) is 11.1 Å². The predicted molar refractivity (Wildman–Crippen MR) is 61.1 cm³/mol. The Morgan fingerprint density at radius 1 is 1.36 bits per heavy atom. The number of halogens is 2. The highest BCUT2D eigenvalue weighted by atomic mass is 35.5. The highest BCUT2D eigenvalue weighted by molar-refractivity contribution is 6.35. The summed E-state index contributed by atoms with van der Waals surface area (Å²) >= 11 is 12.0. The average Bonchev–Trinajstić information content (AvgIpc) is 2.52. The van der Waals surface area contributed by atoms with E-state index in [4.69, 9.17) is 23.2 Å². The lowest BCUT2D eigenvalue weighted by Gasteiger charge is -2.20. The summed E-state index contributed by atoms with van der Waals surface area (Å²) in [7, 11) is 2.14. The second kappa shape index (κ2) is 4.09. The third-order valence-corrected chi connectivity index (χ3v) is 3.40. The number of likely N-dealkylation sites (tertiary alicyclic amines) is 1. The number of hydrogen-bond acceptors (Lipinski definition) is 1. The van der Waals surface area contributed by atoms with E-state index >= 15 is 0 Å². The molecule has 0 aromatic heterocycles. The molecule has 0 saturated carbocycles. The van der Waals surface area contributed by atoms with Crippen LogP contribution in [0.2, 0.25) is 10.0 Å². The molecular weight excluding hydrogens is 217 g/mol. The largest absolute Gasteiger partial charge is 0.299 e. The third kappa shape index (κ3) is 1.90. The van der Waals surface area contributed by atoms with Crippen molar-refractivity contribution >= 4 is 23.2 Å². The van der Waals surface area contributed by atoms with Crippen LogP contribution in [0.15, 0.2) is 18.2 Å². The van der Waals surface area contributed by atoms with E-state index in [1.165, 1.54) is 18.4 Å². The molecule has 0 amide bonds. The van der Waals surface area contributed by atoms with Crippen LogP contribution in [-0.2, 0) is 0 Å². The van der Waals surface area contributed by atoms with Gasteiger partial charge in [0.15, 0.2) is 0 Å². The summed E-state index contributed by atoms with van der Waals surface area (Å²) in [4.78, 5) is 2.34. The molecule has 2 rings (SSSR count). The van der Waals surface area contributed by atoms with Gasteiger partial charge in [-0.3, -0.25) is 4.90 Å². The Morgan fingerprint density at radius 2 is 2.14 bits per heavy atom. The molecule has 1 aliphatic heterocycles. The van der Waals surface area contributed by atoms with Crippen molar-refractivity contribution < 1.29 is 0 Å². The molecule has 0 spiro atoms. The minimum atomic E-state index is 0.472. The highest BCUT2D eigenvalue weighted by Gasteiger charge is 2.24. The van der Waals surface area contributed by atoms with E-state index in [2.05, 4.69) is 11.9 Å². The Bertz CT molecular complexity index is 338. The first-order valence-corrected chi connectivity index (χ1v) is 5.59. The summed E-state index contributed by atoms with van der Waals surface area (Å²) in [6.07, 6.45) is 2.44. The van der Waals surface area contributed by atoms with Crippen LogP contribution in [0.1, 0.15) is 24.4 Å². The molecular formula is C11H13Cl2N. The van der Waals surface area contributed by atoms with Crippen LogP contribution in [0, 0.1) is 0 Å². The van der Waals surface area contributed by atoms with Gasteiger partial charge in [0, 0.05) is 16.1 Å². The average molecular weight is 230 g/mol. The van der Waals surface area contributed by atoms with Crippen molar-refractivity contribution in [2.24, 2.45) is 0 Å². The summed E-state index contributed by atoms with van der Waals surface area (Å²) in [5, 5.41) is 1.50.